The van der Waals surface area contributed by atoms with E-state index in [1.165, 1.54) is 35.9 Å². The molecule has 0 aliphatic carbocycles. The second-order valence-electron chi connectivity index (χ2n) is 7.09. The first-order valence-corrected chi connectivity index (χ1v) is 10.6. The number of benzene rings is 1. The first-order chi connectivity index (χ1) is 15.9. The number of aromatic nitrogens is 4. The van der Waals surface area contributed by atoms with Gasteiger partial charge >= 0.3 is 0 Å². The van der Waals surface area contributed by atoms with Crippen LogP contribution in [0.1, 0.15) is 27.2 Å². The Morgan fingerprint density at radius 1 is 1.30 bits per heavy atom. The average Bonchev–Trinajstić information content (AvgIpc) is 3.42. The van der Waals surface area contributed by atoms with Crippen LogP contribution in [0.15, 0.2) is 36.8 Å². The molecular weight excluding hydrogens is 456 g/mol. The van der Waals surface area contributed by atoms with Crippen LogP contribution in [0.4, 0.5) is 13.9 Å². The predicted octanol–water partition coefficient (Wildman–Crippen LogP) is 3.31. The number of aryl methyl sites for hydroxylation is 1. The summed E-state index contributed by atoms with van der Waals surface area (Å²) in [6.45, 7) is 1.11. The Morgan fingerprint density at radius 3 is 2.82 bits per heavy atom. The molecule has 1 atom stereocenters. The third kappa shape index (κ3) is 4.97. The minimum atomic E-state index is -2.84. The third-order valence-corrected chi connectivity index (χ3v) is 5.48. The lowest BCUT2D eigenvalue weighted by atomic mass is 10.1. The number of halogens is 2. The maximum Gasteiger partial charge on any atom is 0.264 e. The smallest absolute Gasteiger partial charge is 0.264 e. The molecule has 0 spiro atoms. The number of alkyl halides is 2. The summed E-state index contributed by atoms with van der Waals surface area (Å²) in [7, 11) is 0. The highest BCUT2D eigenvalue weighted by molar-refractivity contribution is 7.15. The number of hydrogen-bond donors (Lipinski definition) is 4. The zero-order valence-corrected chi connectivity index (χ0v) is 18.1. The number of carbonyl (C=O) groups excluding carboxylic acids is 1. The van der Waals surface area contributed by atoms with Gasteiger partial charge in [-0.2, -0.15) is 0 Å². The standard InChI is InChI=1S/C21H19F2N5O4S/c1-10-5-25-21(33-10)28-20(31)15-6-24-7-16-17(15)27-19(26-16)13-3-2-12(4-14(13)18(22)23)32-9-11(30)8-29/h2-7,11,18,29-30H,8-9H2,1H3,(H,26,27)(H,25,28,31). The molecule has 1 amide bonds. The summed E-state index contributed by atoms with van der Waals surface area (Å²) in [5.74, 6) is -0.217. The number of hydrogen-bond acceptors (Lipinski definition) is 8. The predicted molar refractivity (Wildman–Crippen MR) is 118 cm³/mol. The molecule has 0 saturated carbocycles. The molecule has 0 radical (unpaired) electrons. The first-order valence-electron chi connectivity index (χ1n) is 9.77. The molecule has 4 aromatic rings. The van der Waals surface area contributed by atoms with Crippen molar-refractivity contribution in [1.82, 2.24) is 19.9 Å². The van der Waals surface area contributed by atoms with Gasteiger partial charge in [0.2, 0.25) is 0 Å². The Hall–Kier alpha value is -3.48. The summed E-state index contributed by atoms with van der Waals surface area (Å²) in [5.41, 5.74) is 0.646. The molecule has 4 rings (SSSR count). The number of aromatic amines is 1. The minimum Gasteiger partial charge on any atom is -0.491 e. The van der Waals surface area contributed by atoms with E-state index in [9.17, 15) is 18.7 Å². The Morgan fingerprint density at radius 2 is 2.12 bits per heavy atom. The van der Waals surface area contributed by atoms with Crippen molar-refractivity contribution in [3.05, 3.63) is 52.8 Å². The number of fused-ring (bicyclic) bond motifs is 1. The van der Waals surface area contributed by atoms with Gasteiger partial charge < -0.3 is 19.9 Å². The normalized spacial score (nSPS) is 12.3. The number of nitrogens with one attached hydrogen (secondary N) is 2. The average molecular weight is 475 g/mol. The number of aliphatic hydroxyl groups is 2. The van der Waals surface area contributed by atoms with E-state index in [4.69, 9.17) is 9.84 Å². The van der Waals surface area contributed by atoms with Crippen molar-refractivity contribution in [2.75, 3.05) is 18.5 Å². The Labute approximate surface area is 190 Å². The number of nitrogens with zero attached hydrogens (tertiary/aromatic N) is 3. The highest BCUT2D eigenvalue weighted by Gasteiger charge is 2.21. The van der Waals surface area contributed by atoms with Crippen LogP contribution in [0.5, 0.6) is 5.75 Å². The van der Waals surface area contributed by atoms with Crippen LogP contribution >= 0.6 is 11.3 Å². The Balaban J connectivity index is 1.67. The molecule has 3 heterocycles. The summed E-state index contributed by atoms with van der Waals surface area (Å²) >= 11 is 1.32. The van der Waals surface area contributed by atoms with Gasteiger partial charge in [0.1, 0.15) is 29.8 Å². The van der Waals surface area contributed by atoms with Crippen molar-refractivity contribution >= 4 is 33.4 Å². The van der Waals surface area contributed by atoms with Crippen molar-refractivity contribution in [3.63, 3.8) is 0 Å². The second kappa shape index (κ2) is 9.57. The summed E-state index contributed by atoms with van der Waals surface area (Å²) in [4.78, 5) is 29.1. The first kappa shape index (κ1) is 22.7. The largest absolute Gasteiger partial charge is 0.491 e. The monoisotopic (exact) mass is 475 g/mol. The summed E-state index contributed by atoms with van der Waals surface area (Å²) in [5, 5.41) is 21.4. The van der Waals surface area contributed by atoms with E-state index < -0.39 is 25.0 Å². The van der Waals surface area contributed by atoms with Crippen molar-refractivity contribution in [2.45, 2.75) is 19.5 Å². The van der Waals surface area contributed by atoms with Crippen molar-refractivity contribution in [1.29, 1.82) is 0 Å². The Kier molecular flexibility index (Phi) is 6.58. The van der Waals surface area contributed by atoms with Crippen LogP contribution in [0.3, 0.4) is 0 Å². The SMILES string of the molecule is Cc1cnc(NC(=O)c2cncc3nc(-c4ccc(OCC(O)CO)cc4C(F)F)[nH]c23)s1. The van der Waals surface area contributed by atoms with Gasteiger partial charge in [0.05, 0.1) is 23.9 Å². The Bertz CT molecular complexity index is 1290. The van der Waals surface area contributed by atoms with E-state index in [0.29, 0.717) is 16.2 Å². The second-order valence-corrected chi connectivity index (χ2v) is 8.33. The van der Waals surface area contributed by atoms with Crippen molar-refractivity contribution < 1.29 is 28.5 Å². The van der Waals surface area contributed by atoms with E-state index in [0.717, 1.165) is 10.9 Å². The summed E-state index contributed by atoms with van der Waals surface area (Å²) < 4.78 is 32.9. The zero-order chi connectivity index (χ0) is 23.5. The van der Waals surface area contributed by atoms with Gasteiger partial charge in [-0.1, -0.05) is 0 Å². The van der Waals surface area contributed by atoms with Gasteiger partial charge in [-0.25, -0.2) is 18.7 Å². The van der Waals surface area contributed by atoms with Crippen LogP contribution in [-0.4, -0.2) is 55.4 Å². The van der Waals surface area contributed by atoms with E-state index in [-0.39, 0.29) is 34.9 Å². The number of anilines is 1. The van der Waals surface area contributed by atoms with Crippen LogP contribution < -0.4 is 10.1 Å². The van der Waals surface area contributed by atoms with Crippen molar-refractivity contribution in [3.8, 4) is 17.1 Å². The van der Waals surface area contributed by atoms with Crippen LogP contribution in [0.25, 0.3) is 22.4 Å². The molecule has 0 aliphatic heterocycles. The van der Waals surface area contributed by atoms with Gasteiger partial charge in [0.25, 0.3) is 12.3 Å². The number of thiazole rings is 1. The number of pyridine rings is 1. The molecule has 4 N–H and O–H groups in total. The molecule has 0 bridgehead atoms. The maximum absolute atomic E-state index is 13.8. The molecule has 0 aliphatic rings. The summed E-state index contributed by atoms with van der Waals surface area (Å²) in [6, 6.07) is 4.01. The number of carbonyl (C=O) groups is 1. The lowest BCUT2D eigenvalue weighted by Crippen LogP contribution is -2.21. The lowest BCUT2D eigenvalue weighted by molar-refractivity contribution is 0.0534. The third-order valence-electron chi connectivity index (χ3n) is 4.65. The van der Waals surface area contributed by atoms with Gasteiger partial charge in [0.15, 0.2) is 5.13 Å². The zero-order valence-electron chi connectivity index (χ0n) is 17.2. The van der Waals surface area contributed by atoms with Crippen LogP contribution in [0, 0.1) is 6.92 Å². The molecule has 3 aromatic heterocycles. The van der Waals surface area contributed by atoms with Crippen LogP contribution in [0.2, 0.25) is 0 Å². The van der Waals surface area contributed by atoms with E-state index >= 15 is 0 Å². The summed E-state index contributed by atoms with van der Waals surface area (Å²) in [6.07, 6.45) is 0.457. The molecule has 1 unspecified atom stereocenters. The highest BCUT2D eigenvalue weighted by atomic mass is 32.1. The molecule has 33 heavy (non-hydrogen) atoms. The number of rotatable bonds is 8. The number of aliphatic hydroxyl groups excluding tert-OH is 2. The quantitative estimate of drug-likeness (QED) is 0.307. The topological polar surface area (TPSA) is 133 Å². The fourth-order valence-corrected chi connectivity index (χ4v) is 3.74. The number of H-pyrrole nitrogens is 1. The van der Waals surface area contributed by atoms with E-state index in [1.807, 2.05) is 6.92 Å². The lowest BCUT2D eigenvalue weighted by Gasteiger charge is -2.13. The molecule has 0 fully saturated rings. The molecule has 9 nitrogen and oxygen atoms in total. The van der Waals surface area contributed by atoms with E-state index in [1.54, 1.807) is 6.20 Å². The van der Waals surface area contributed by atoms with Crippen LogP contribution in [-0.2, 0) is 0 Å². The number of ether oxygens (including phenoxy) is 1. The number of amides is 1. The number of imidazole rings is 1. The van der Waals surface area contributed by atoms with Gasteiger partial charge in [-0.3, -0.25) is 15.1 Å². The fraction of sp³-hybridized carbons (Fsp3) is 0.238. The minimum absolute atomic E-state index is 0.109. The highest BCUT2D eigenvalue weighted by Crippen LogP contribution is 2.34. The van der Waals surface area contributed by atoms with Gasteiger partial charge in [0, 0.05) is 28.4 Å². The van der Waals surface area contributed by atoms with E-state index in [2.05, 4.69) is 25.3 Å². The van der Waals surface area contributed by atoms with Gasteiger partial charge in [-0.05, 0) is 25.1 Å². The maximum atomic E-state index is 13.8. The molecular formula is C21H19F2N5O4S. The molecule has 0 saturated heterocycles. The fourth-order valence-electron chi connectivity index (χ4n) is 3.08. The van der Waals surface area contributed by atoms with Gasteiger partial charge in [-0.15, -0.1) is 11.3 Å². The van der Waals surface area contributed by atoms with Crippen molar-refractivity contribution in [2.24, 2.45) is 0 Å². The molecule has 12 heteroatoms. The molecule has 172 valence electrons. The molecule has 1 aromatic carbocycles.